The summed E-state index contributed by atoms with van der Waals surface area (Å²) in [6, 6.07) is 7.27. The number of benzene rings is 1. The van der Waals surface area contributed by atoms with Crippen LogP contribution in [0.4, 0.5) is 0 Å². The fraction of sp³-hybridized carbons (Fsp3) is 0.667. The summed E-state index contributed by atoms with van der Waals surface area (Å²) in [5, 5.41) is 0.0620. The fourth-order valence-electron chi connectivity index (χ4n) is 2.93. The van der Waals surface area contributed by atoms with Crippen LogP contribution >= 0.6 is 34.8 Å². The van der Waals surface area contributed by atoms with Crippen LogP contribution in [0.2, 0.25) is 18.1 Å². The second-order valence-electron chi connectivity index (χ2n) is 8.64. The van der Waals surface area contributed by atoms with Crippen molar-refractivity contribution < 1.29 is 17.0 Å². The summed E-state index contributed by atoms with van der Waals surface area (Å²) in [7, 11) is -6.10. The van der Waals surface area contributed by atoms with Gasteiger partial charge in [-0.1, -0.05) is 79.8 Å². The summed E-state index contributed by atoms with van der Waals surface area (Å²) in [6.07, 6.45) is 1.17. The molecule has 0 bridgehead atoms. The average molecular weight is 489 g/mol. The normalized spacial score (nSPS) is 21.4. The lowest BCUT2D eigenvalue weighted by atomic mass is 9.86. The zero-order chi connectivity index (χ0) is 21.4. The maximum Gasteiger partial charge on any atom is 0.336 e. The monoisotopic (exact) mass is 487 g/mol. The second-order valence-corrected chi connectivity index (χ2v) is 17.3. The molecule has 2 rings (SSSR count). The van der Waals surface area contributed by atoms with Crippen molar-refractivity contribution in [2.24, 2.45) is 0 Å². The Morgan fingerprint density at radius 3 is 2.36 bits per heavy atom. The van der Waals surface area contributed by atoms with Crippen LogP contribution < -0.4 is 4.72 Å². The highest BCUT2D eigenvalue weighted by Gasteiger charge is 2.41. The molecule has 0 saturated carbocycles. The van der Waals surface area contributed by atoms with Gasteiger partial charge in [0.25, 0.3) is 0 Å². The molecule has 5 nitrogen and oxygen atoms in total. The molecule has 1 N–H and O–H groups in total. The minimum Gasteiger partial charge on any atom is -0.414 e. The van der Waals surface area contributed by atoms with E-state index in [0.717, 1.165) is 17.5 Å². The van der Waals surface area contributed by atoms with Gasteiger partial charge in [0.05, 0.1) is 12.1 Å². The molecule has 2 atom stereocenters. The maximum absolute atomic E-state index is 12.4. The van der Waals surface area contributed by atoms with Crippen LogP contribution in [-0.4, -0.2) is 33.2 Å². The predicted molar refractivity (Wildman–Crippen MR) is 118 cm³/mol. The van der Waals surface area contributed by atoms with Gasteiger partial charge in [0.1, 0.15) is 6.61 Å². The number of nitrogens with one attached hydrogen (secondary N) is 1. The van der Waals surface area contributed by atoms with E-state index in [4.69, 9.17) is 43.4 Å². The SMILES string of the molecule is CC(C)(C)[Si](C)(C)O[C@H]1Cc2ccccc2[C@H](NS(=O)(=O)OCC(Cl)(Cl)Cl)C1. The number of rotatable bonds is 6. The number of alkyl halides is 3. The highest BCUT2D eigenvalue weighted by molar-refractivity contribution is 7.84. The van der Waals surface area contributed by atoms with Gasteiger partial charge >= 0.3 is 10.3 Å². The molecule has 0 spiro atoms. The van der Waals surface area contributed by atoms with Crippen molar-refractivity contribution in [2.45, 2.75) is 67.7 Å². The van der Waals surface area contributed by atoms with Gasteiger partial charge in [-0.15, -0.1) is 0 Å². The molecule has 0 fully saturated rings. The lowest BCUT2D eigenvalue weighted by molar-refractivity contribution is 0.150. The van der Waals surface area contributed by atoms with Gasteiger partial charge < -0.3 is 4.43 Å². The van der Waals surface area contributed by atoms with Crippen molar-refractivity contribution in [2.75, 3.05) is 6.61 Å². The van der Waals surface area contributed by atoms with Crippen molar-refractivity contribution >= 4 is 53.4 Å². The molecule has 0 aliphatic heterocycles. The second kappa shape index (κ2) is 8.71. The van der Waals surface area contributed by atoms with E-state index in [9.17, 15) is 8.42 Å². The predicted octanol–water partition coefficient (Wildman–Crippen LogP) is 5.29. The summed E-state index contributed by atoms with van der Waals surface area (Å²) < 4.78 is 36.9. The standard InChI is InChI=1S/C18H28Cl3NO4SSi/c1-17(2,3)28(4,5)26-14-10-13-8-6-7-9-15(13)16(11-14)22-27(23,24)25-12-18(19,20)21/h6-9,14,16,22H,10-12H2,1-5H3/t14-,16+/m0/s1. The number of hydrogen-bond acceptors (Lipinski definition) is 4. The first-order chi connectivity index (χ1) is 12.6. The molecule has 1 aromatic carbocycles. The minimum atomic E-state index is -4.10. The highest BCUT2D eigenvalue weighted by atomic mass is 35.6. The zero-order valence-corrected chi connectivity index (χ0v) is 20.8. The van der Waals surface area contributed by atoms with Crippen LogP contribution in [0, 0.1) is 0 Å². The molecule has 1 aliphatic carbocycles. The number of halogens is 3. The Morgan fingerprint density at radius 1 is 1.18 bits per heavy atom. The molecule has 0 saturated heterocycles. The van der Waals surface area contributed by atoms with Crippen LogP contribution in [0.15, 0.2) is 24.3 Å². The third-order valence-electron chi connectivity index (χ3n) is 5.31. The van der Waals surface area contributed by atoms with Crippen LogP contribution in [-0.2, 0) is 25.3 Å². The van der Waals surface area contributed by atoms with Gasteiger partial charge in [-0.3, -0.25) is 4.18 Å². The van der Waals surface area contributed by atoms with Crippen molar-refractivity contribution in [1.29, 1.82) is 0 Å². The Labute approximate surface area is 184 Å². The Morgan fingerprint density at radius 2 is 1.79 bits per heavy atom. The van der Waals surface area contributed by atoms with Gasteiger partial charge in [-0.25, -0.2) is 0 Å². The van der Waals surface area contributed by atoms with Crippen molar-refractivity contribution in [3.8, 4) is 0 Å². The van der Waals surface area contributed by atoms with Gasteiger partial charge in [-0.05, 0) is 42.1 Å². The van der Waals surface area contributed by atoms with E-state index in [-0.39, 0.29) is 11.1 Å². The molecular weight excluding hydrogens is 461 g/mol. The molecule has 0 amide bonds. The molecule has 1 aliphatic rings. The van der Waals surface area contributed by atoms with E-state index in [0.29, 0.717) is 6.42 Å². The summed E-state index contributed by atoms with van der Waals surface area (Å²) in [4.78, 5) is 0. The van der Waals surface area contributed by atoms with E-state index in [1.165, 1.54) is 0 Å². The van der Waals surface area contributed by atoms with Gasteiger partial charge in [0, 0.05) is 0 Å². The molecule has 1 aromatic rings. The van der Waals surface area contributed by atoms with Crippen molar-refractivity contribution in [3.05, 3.63) is 35.4 Å². The average Bonchev–Trinajstić information content (AvgIpc) is 2.51. The van der Waals surface area contributed by atoms with Gasteiger partial charge in [0.15, 0.2) is 8.32 Å². The summed E-state index contributed by atoms with van der Waals surface area (Å²) in [6.45, 7) is 10.4. The first-order valence-corrected chi connectivity index (χ1v) is 14.5. The Balaban J connectivity index is 2.21. The lowest BCUT2D eigenvalue weighted by Gasteiger charge is -2.42. The summed E-state index contributed by atoms with van der Waals surface area (Å²) >= 11 is 16.8. The van der Waals surface area contributed by atoms with Crippen molar-refractivity contribution in [3.63, 3.8) is 0 Å². The van der Waals surface area contributed by atoms with Gasteiger partial charge in [0.2, 0.25) is 3.79 Å². The topological polar surface area (TPSA) is 64.6 Å². The smallest absolute Gasteiger partial charge is 0.336 e. The molecule has 0 heterocycles. The number of hydrogen-bond donors (Lipinski definition) is 1. The Bertz CT molecular complexity index is 791. The third-order valence-corrected chi connectivity index (χ3v) is 11.2. The lowest BCUT2D eigenvalue weighted by Crippen LogP contribution is -2.47. The van der Waals surface area contributed by atoms with E-state index >= 15 is 0 Å². The first kappa shape index (κ1) is 24.4. The van der Waals surface area contributed by atoms with E-state index < -0.39 is 35.1 Å². The molecule has 10 heteroatoms. The van der Waals surface area contributed by atoms with Gasteiger partial charge in [-0.2, -0.15) is 13.1 Å². The molecule has 0 radical (unpaired) electrons. The van der Waals surface area contributed by atoms with E-state index in [1.807, 2.05) is 24.3 Å². The fourth-order valence-corrected chi connectivity index (χ4v) is 5.62. The van der Waals surface area contributed by atoms with Crippen LogP contribution in [0.25, 0.3) is 0 Å². The first-order valence-electron chi connectivity index (χ1n) is 9.09. The Kier molecular flexibility index (Phi) is 7.59. The van der Waals surface area contributed by atoms with Crippen LogP contribution in [0.3, 0.4) is 0 Å². The summed E-state index contributed by atoms with van der Waals surface area (Å²) in [5.41, 5.74) is 1.98. The van der Waals surface area contributed by atoms with Crippen molar-refractivity contribution in [1.82, 2.24) is 4.72 Å². The molecule has 0 aromatic heterocycles. The molecule has 160 valence electrons. The minimum absolute atomic E-state index is 0.0620. The van der Waals surface area contributed by atoms with E-state index in [1.54, 1.807) is 0 Å². The van der Waals surface area contributed by atoms with Crippen LogP contribution in [0.1, 0.15) is 44.4 Å². The molecule has 28 heavy (non-hydrogen) atoms. The quantitative estimate of drug-likeness (QED) is 0.437. The van der Waals surface area contributed by atoms with E-state index in [2.05, 4.69) is 38.6 Å². The summed E-state index contributed by atoms with van der Waals surface area (Å²) in [5.74, 6) is 0. The van der Waals surface area contributed by atoms with Crippen LogP contribution in [0.5, 0.6) is 0 Å². The molecular formula is C18H28Cl3NO4SSi. The Hall–Kier alpha value is 0.137. The highest BCUT2D eigenvalue weighted by Crippen LogP contribution is 2.40. The number of fused-ring (bicyclic) bond motifs is 1. The third kappa shape index (κ3) is 6.84. The maximum atomic E-state index is 12.4. The molecule has 0 unspecified atom stereocenters. The zero-order valence-electron chi connectivity index (χ0n) is 16.8. The largest absolute Gasteiger partial charge is 0.414 e.